The molecule has 1 unspecified atom stereocenters. The molecule has 0 aromatic heterocycles. The van der Waals surface area contributed by atoms with E-state index in [0.717, 1.165) is 37.0 Å². The van der Waals surface area contributed by atoms with Crippen LogP contribution < -0.4 is 4.74 Å². The number of fused-ring (bicyclic) bond motifs is 4. The van der Waals surface area contributed by atoms with Crippen LogP contribution >= 0.6 is 0 Å². The molecule has 0 radical (unpaired) electrons. The largest absolute Gasteiger partial charge is 0.507 e. The minimum atomic E-state index is -0.0783. The third kappa shape index (κ3) is 3.13. The maximum Gasteiger partial charge on any atom is 0.127 e. The van der Waals surface area contributed by atoms with Crippen molar-refractivity contribution in [1.82, 2.24) is 0 Å². The van der Waals surface area contributed by atoms with Crippen molar-refractivity contribution in [2.45, 2.75) is 84.2 Å². The molecule has 2 nitrogen and oxygen atoms in total. The highest BCUT2D eigenvalue weighted by molar-refractivity contribution is 5.55. The minimum Gasteiger partial charge on any atom is -0.507 e. The second kappa shape index (κ2) is 6.22. The number of phenolic OH excluding ortho intramolecular Hbond substituents is 1. The number of hydrogen-bond donors (Lipinski definition) is 1. The maximum absolute atomic E-state index is 10.7. The Balaban J connectivity index is 1.99. The first-order valence-corrected chi connectivity index (χ1v) is 9.14. The zero-order chi connectivity index (χ0) is 16.6. The van der Waals surface area contributed by atoms with E-state index in [2.05, 4.69) is 33.8 Å². The van der Waals surface area contributed by atoms with Crippen molar-refractivity contribution in [1.29, 1.82) is 0 Å². The van der Waals surface area contributed by atoms with Gasteiger partial charge in [0, 0.05) is 11.5 Å². The van der Waals surface area contributed by atoms with Crippen LogP contribution in [0.15, 0.2) is 23.3 Å². The van der Waals surface area contributed by atoms with Gasteiger partial charge in [0.2, 0.25) is 0 Å². The number of allylic oxidation sites excluding steroid dienone is 2. The fourth-order valence-corrected chi connectivity index (χ4v) is 4.29. The van der Waals surface area contributed by atoms with Crippen molar-refractivity contribution in [2.75, 3.05) is 0 Å². The summed E-state index contributed by atoms with van der Waals surface area (Å²) in [6, 6.07) is 4.15. The Morgan fingerprint density at radius 2 is 2.09 bits per heavy atom. The zero-order valence-corrected chi connectivity index (χ0v) is 15.0. The van der Waals surface area contributed by atoms with Crippen LogP contribution in [0.25, 0.3) is 0 Å². The summed E-state index contributed by atoms with van der Waals surface area (Å²) < 4.78 is 6.36. The summed E-state index contributed by atoms with van der Waals surface area (Å²) in [6.07, 6.45) is 7.80. The summed E-state index contributed by atoms with van der Waals surface area (Å²) in [4.78, 5) is 0. The molecule has 0 spiro atoms. The molecular weight excluding hydrogens is 284 g/mol. The predicted molar refractivity (Wildman–Crippen MR) is 95.3 cm³/mol. The molecule has 1 saturated carbocycles. The molecule has 23 heavy (non-hydrogen) atoms. The van der Waals surface area contributed by atoms with Crippen LogP contribution in [-0.2, 0) is 6.42 Å². The van der Waals surface area contributed by atoms with Crippen molar-refractivity contribution in [3.05, 3.63) is 34.4 Å². The van der Waals surface area contributed by atoms with Gasteiger partial charge in [-0.05, 0) is 70.6 Å². The summed E-state index contributed by atoms with van der Waals surface area (Å²) in [7, 11) is 0. The highest BCUT2D eigenvalue weighted by Gasteiger charge is 2.44. The van der Waals surface area contributed by atoms with E-state index in [1.165, 1.54) is 36.0 Å². The van der Waals surface area contributed by atoms with Gasteiger partial charge in [0.1, 0.15) is 17.1 Å². The lowest BCUT2D eigenvalue weighted by Crippen LogP contribution is -2.42. The third-order valence-corrected chi connectivity index (χ3v) is 5.58. The van der Waals surface area contributed by atoms with Gasteiger partial charge in [0.05, 0.1) is 0 Å². The molecule has 126 valence electrons. The van der Waals surface area contributed by atoms with E-state index >= 15 is 0 Å². The SMILES string of the molecule is CCCCCc1cc(O)c2c(c1)O[C@]1(C)CCC(=C(C)C)C2C1. The zero-order valence-electron chi connectivity index (χ0n) is 15.0. The van der Waals surface area contributed by atoms with E-state index in [9.17, 15) is 5.11 Å². The van der Waals surface area contributed by atoms with Crippen LogP contribution in [0.5, 0.6) is 11.5 Å². The number of ether oxygens (including phenoxy) is 1. The predicted octanol–water partition coefficient (Wildman–Crippen LogP) is 5.88. The Kier molecular flexibility index (Phi) is 4.44. The van der Waals surface area contributed by atoms with Gasteiger partial charge >= 0.3 is 0 Å². The first kappa shape index (κ1) is 16.4. The Labute approximate surface area is 140 Å². The molecule has 1 fully saturated rings. The van der Waals surface area contributed by atoms with Crippen LogP contribution in [0.4, 0.5) is 0 Å². The third-order valence-electron chi connectivity index (χ3n) is 5.58. The number of rotatable bonds is 4. The van der Waals surface area contributed by atoms with Gasteiger partial charge in [0.15, 0.2) is 0 Å². The van der Waals surface area contributed by atoms with E-state index in [4.69, 9.17) is 4.74 Å². The molecule has 1 aliphatic carbocycles. The molecule has 3 rings (SSSR count). The van der Waals surface area contributed by atoms with Crippen LogP contribution in [-0.4, -0.2) is 10.7 Å². The van der Waals surface area contributed by atoms with E-state index in [1.54, 1.807) is 0 Å². The lowest BCUT2D eigenvalue weighted by atomic mass is 9.69. The monoisotopic (exact) mass is 314 g/mol. The molecule has 1 aliphatic heterocycles. The van der Waals surface area contributed by atoms with E-state index in [1.807, 2.05) is 6.07 Å². The Morgan fingerprint density at radius 1 is 1.30 bits per heavy atom. The molecule has 0 amide bonds. The summed E-state index contributed by atoms with van der Waals surface area (Å²) in [6.45, 7) is 8.84. The van der Waals surface area contributed by atoms with E-state index < -0.39 is 0 Å². The maximum atomic E-state index is 10.7. The highest BCUT2D eigenvalue weighted by atomic mass is 16.5. The van der Waals surface area contributed by atoms with Crippen LogP contribution in [0.1, 0.15) is 83.3 Å². The molecule has 2 aliphatic rings. The second-order valence-corrected chi connectivity index (χ2v) is 7.82. The topological polar surface area (TPSA) is 29.5 Å². The number of aromatic hydroxyl groups is 1. The van der Waals surface area contributed by atoms with Crippen molar-refractivity contribution >= 4 is 0 Å². The number of phenols is 1. The lowest BCUT2D eigenvalue weighted by Gasteiger charge is -2.46. The molecule has 0 saturated heterocycles. The average Bonchev–Trinajstić information content (AvgIpc) is 2.46. The van der Waals surface area contributed by atoms with Crippen molar-refractivity contribution in [2.24, 2.45) is 0 Å². The first-order chi connectivity index (χ1) is 10.9. The number of hydrogen-bond acceptors (Lipinski definition) is 2. The average molecular weight is 314 g/mol. The molecule has 1 aromatic carbocycles. The molecule has 1 heterocycles. The summed E-state index contributed by atoms with van der Waals surface area (Å²) in [5, 5.41) is 10.7. The molecule has 2 heteroatoms. The fraction of sp³-hybridized carbons (Fsp3) is 0.619. The van der Waals surface area contributed by atoms with E-state index in [-0.39, 0.29) is 5.60 Å². The normalized spacial score (nSPS) is 25.7. The number of aryl methyl sites for hydroxylation is 1. The standard InChI is InChI=1S/C21H30O2/c1-5-6-7-8-15-11-18(22)20-17-13-21(4,23-19(20)12-15)10-9-16(17)14(2)3/h11-12,17,22H,5-10,13H2,1-4H3/t17?,21-/m1/s1. The number of unbranched alkanes of at least 4 members (excludes halogenated alkanes) is 2. The van der Waals surface area contributed by atoms with Crippen LogP contribution in [0, 0.1) is 0 Å². The van der Waals surface area contributed by atoms with Gasteiger partial charge < -0.3 is 9.84 Å². The summed E-state index contributed by atoms with van der Waals surface area (Å²) >= 11 is 0. The van der Waals surface area contributed by atoms with Crippen molar-refractivity contribution < 1.29 is 9.84 Å². The molecule has 2 atom stereocenters. The van der Waals surface area contributed by atoms with Gasteiger partial charge in [-0.15, -0.1) is 0 Å². The van der Waals surface area contributed by atoms with E-state index in [0.29, 0.717) is 11.7 Å². The minimum absolute atomic E-state index is 0.0783. The first-order valence-electron chi connectivity index (χ1n) is 9.14. The van der Waals surface area contributed by atoms with Gasteiger partial charge in [-0.3, -0.25) is 0 Å². The van der Waals surface area contributed by atoms with Crippen LogP contribution in [0.2, 0.25) is 0 Å². The van der Waals surface area contributed by atoms with Crippen molar-refractivity contribution in [3.8, 4) is 11.5 Å². The molecular formula is C21H30O2. The fourth-order valence-electron chi connectivity index (χ4n) is 4.29. The van der Waals surface area contributed by atoms with Crippen LogP contribution in [0.3, 0.4) is 0 Å². The smallest absolute Gasteiger partial charge is 0.127 e. The number of benzene rings is 1. The Hall–Kier alpha value is -1.44. The molecule has 1 N–H and O–H groups in total. The Bertz CT molecular complexity index is 625. The van der Waals surface area contributed by atoms with Gasteiger partial charge in [-0.1, -0.05) is 30.9 Å². The quantitative estimate of drug-likeness (QED) is 0.555. The molecule has 1 aromatic rings. The van der Waals surface area contributed by atoms with Crippen molar-refractivity contribution in [3.63, 3.8) is 0 Å². The van der Waals surface area contributed by atoms with Gasteiger partial charge in [0.25, 0.3) is 0 Å². The molecule has 2 bridgehead atoms. The summed E-state index contributed by atoms with van der Waals surface area (Å²) in [5.41, 5.74) is 5.05. The van der Waals surface area contributed by atoms with Gasteiger partial charge in [-0.25, -0.2) is 0 Å². The Morgan fingerprint density at radius 3 is 2.78 bits per heavy atom. The summed E-state index contributed by atoms with van der Waals surface area (Å²) in [5.74, 6) is 1.68. The lowest BCUT2D eigenvalue weighted by molar-refractivity contribution is 0.0346. The highest BCUT2D eigenvalue weighted by Crippen LogP contribution is 2.54. The second-order valence-electron chi connectivity index (χ2n) is 7.82. The van der Waals surface area contributed by atoms with Gasteiger partial charge in [-0.2, -0.15) is 0 Å².